The maximum Gasteiger partial charge on any atom is 0.139 e. The van der Waals surface area contributed by atoms with Gasteiger partial charge in [-0.2, -0.15) is 0 Å². The van der Waals surface area contributed by atoms with Crippen molar-refractivity contribution in [3.8, 4) is 5.69 Å². The molecule has 0 saturated heterocycles. The van der Waals surface area contributed by atoms with E-state index < -0.39 is 11.6 Å². The lowest BCUT2D eigenvalue weighted by atomic mass is 9.98. The van der Waals surface area contributed by atoms with Crippen LogP contribution in [0.15, 0.2) is 47.7 Å². The van der Waals surface area contributed by atoms with E-state index in [1.807, 2.05) is 0 Å². The molecule has 0 bridgehead atoms. The minimum atomic E-state index is -0.663. The fourth-order valence-corrected chi connectivity index (χ4v) is 3.00. The van der Waals surface area contributed by atoms with Crippen LogP contribution < -0.4 is 0 Å². The van der Waals surface area contributed by atoms with Gasteiger partial charge in [-0.3, -0.25) is 9.56 Å². The predicted molar refractivity (Wildman–Crippen MR) is 86.9 cm³/mol. The predicted octanol–water partition coefficient (Wildman–Crippen LogP) is 3.59. The number of halogens is 3. The zero-order chi connectivity index (χ0) is 16.7. The first kappa shape index (κ1) is 15.0. The van der Waals surface area contributed by atoms with Crippen LogP contribution in [-0.2, 0) is 6.42 Å². The van der Waals surface area contributed by atoms with E-state index in [0.29, 0.717) is 29.2 Å². The Kier molecular flexibility index (Phi) is 3.61. The number of hydrogen-bond acceptors (Lipinski definition) is 3. The number of benzene rings is 2. The van der Waals surface area contributed by atoms with E-state index >= 15 is 0 Å². The molecule has 7 heteroatoms. The van der Waals surface area contributed by atoms with Crippen molar-refractivity contribution in [1.82, 2.24) is 14.8 Å². The first-order valence-corrected chi connectivity index (χ1v) is 7.71. The average Bonchev–Trinajstić information content (AvgIpc) is 2.99. The van der Waals surface area contributed by atoms with Gasteiger partial charge in [-0.15, -0.1) is 10.2 Å². The van der Waals surface area contributed by atoms with Crippen LogP contribution in [0.5, 0.6) is 0 Å². The fourth-order valence-electron chi connectivity index (χ4n) is 2.83. The number of aromatic nitrogens is 3. The number of fused-ring (bicyclic) bond motifs is 3. The van der Waals surface area contributed by atoms with Crippen LogP contribution in [0.1, 0.15) is 17.0 Å². The van der Waals surface area contributed by atoms with Crippen molar-refractivity contribution < 1.29 is 8.78 Å². The Morgan fingerprint density at radius 2 is 1.88 bits per heavy atom. The second-order valence-electron chi connectivity index (χ2n) is 5.36. The van der Waals surface area contributed by atoms with Gasteiger partial charge in [0.05, 0.1) is 17.0 Å². The molecule has 4 rings (SSSR count). The summed E-state index contributed by atoms with van der Waals surface area (Å²) in [5.74, 6) is -0.594. The summed E-state index contributed by atoms with van der Waals surface area (Å²) in [6, 6.07) is 8.89. The minimum Gasteiger partial charge on any atom is -0.285 e. The lowest BCUT2D eigenvalue weighted by Crippen LogP contribution is -2.17. The molecular weight excluding hydrogens is 334 g/mol. The molecule has 0 unspecified atom stereocenters. The molecule has 0 radical (unpaired) electrons. The van der Waals surface area contributed by atoms with E-state index in [4.69, 9.17) is 11.6 Å². The third-order valence-electron chi connectivity index (χ3n) is 3.90. The molecule has 3 aromatic rings. The van der Waals surface area contributed by atoms with Crippen molar-refractivity contribution in [3.63, 3.8) is 0 Å². The Bertz CT molecular complexity index is 945. The van der Waals surface area contributed by atoms with Crippen LogP contribution in [0.4, 0.5) is 8.78 Å². The van der Waals surface area contributed by atoms with Crippen molar-refractivity contribution >= 4 is 17.3 Å². The van der Waals surface area contributed by atoms with Gasteiger partial charge in [0, 0.05) is 23.6 Å². The van der Waals surface area contributed by atoms with Crippen LogP contribution in [0.3, 0.4) is 0 Å². The molecule has 1 aromatic heterocycles. The summed E-state index contributed by atoms with van der Waals surface area (Å²) in [6.45, 7) is 0.341. The maximum absolute atomic E-state index is 14.3. The molecule has 4 nitrogen and oxygen atoms in total. The molecular formula is C17H11ClF2N4. The molecule has 1 aliphatic heterocycles. The standard InChI is InChI=1S/C17H11ClF2N4/c18-10-4-5-14-11(8-10)17(16-12(19)2-1-3-13(16)20)21-7-6-15-23-22-9-24(14)15/h1-5,8-9H,6-7H2/b21-17+. The summed E-state index contributed by atoms with van der Waals surface area (Å²) in [7, 11) is 0. The molecule has 0 aliphatic carbocycles. The zero-order valence-electron chi connectivity index (χ0n) is 12.4. The van der Waals surface area contributed by atoms with Gasteiger partial charge < -0.3 is 0 Å². The largest absolute Gasteiger partial charge is 0.285 e. The Hall–Kier alpha value is -2.60. The highest BCUT2D eigenvalue weighted by Gasteiger charge is 2.23. The molecule has 0 fully saturated rings. The van der Waals surface area contributed by atoms with Crippen molar-refractivity contribution in [2.75, 3.05) is 6.54 Å². The van der Waals surface area contributed by atoms with Gasteiger partial charge in [-0.1, -0.05) is 17.7 Å². The van der Waals surface area contributed by atoms with Crippen LogP contribution >= 0.6 is 11.6 Å². The average molecular weight is 345 g/mol. The first-order chi connectivity index (χ1) is 11.6. The highest BCUT2D eigenvalue weighted by molar-refractivity contribution is 6.31. The molecule has 0 spiro atoms. The second kappa shape index (κ2) is 5.79. The molecule has 0 saturated carbocycles. The monoisotopic (exact) mass is 344 g/mol. The van der Waals surface area contributed by atoms with Crippen molar-refractivity contribution in [2.24, 2.45) is 4.99 Å². The Morgan fingerprint density at radius 3 is 2.67 bits per heavy atom. The summed E-state index contributed by atoms with van der Waals surface area (Å²) in [4.78, 5) is 4.43. The molecule has 2 aromatic carbocycles. The number of nitrogens with zero attached hydrogens (tertiary/aromatic N) is 4. The lowest BCUT2D eigenvalue weighted by molar-refractivity contribution is 0.579. The summed E-state index contributed by atoms with van der Waals surface area (Å²) < 4.78 is 30.4. The van der Waals surface area contributed by atoms with Gasteiger partial charge in [-0.05, 0) is 30.3 Å². The Labute approximate surface area is 141 Å². The molecule has 0 N–H and O–H groups in total. The van der Waals surface area contributed by atoms with Gasteiger partial charge in [0.1, 0.15) is 23.8 Å². The molecule has 2 heterocycles. The second-order valence-corrected chi connectivity index (χ2v) is 5.79. The Balaban J connectivity index is 2.02. The summed E-state index contributed by atoms with van der Waals surface area (Å²) in [6.07, 6.45) is 2.09. The third kappa shape index (κ3) is 2.39. The topological polar surface area (TPSA) is 43.1 Å². The van der Waals surface area contributed by atoms with Gasteiger partial charge >= 0.3 is 0 Å². The summed E-state index contributed by atoms with van der Waals surface area (Å²) in [5, 5.41) is 8.45. The van der Waals surface area contributed by atoms with E-state index in [9.17, 15) is 8.78 Å². The minimum absolute atomic E-state index is 0.155. The van der Waals surface area contributed by atoms with Crippen molar-refractivity contribution in [1.29, 1.82) is 0 Å². The lowest BCUT2D eigenvalue weighted by Gasteiger charge is -2.18. The molecule has 0 atom stereocenters. The fraction of sp³-hybridized carbons (Fsp3) is 0.118. The number of hydrogen-bond donors (Lipinski definition) is 0. The van der Waals surface area contributed by atoms with Gasteiger partial charge in [0.15, 0.2) is 0 Å². The van der Waals surface area contributed by atoms with Crippen molar-refractivity contribution in [3.05, 3.63) is 76.3 Å². The molecule has 0 amide bonds. The normalized spacial score (nSPS) is 15.7. The zero-order valence-corrected chi connectivity index (χ0v) is 13.1. The summed E-state index contributed by atoms with van der Waals surface area (Å²) >= 11 is 6.12. The Morgan fingerprint density at radius 1 is 1.08 bits per heavy atom. The highest BCUT2D eigenvalue weighted by atomic mass is 35.5. The number of aliphatic imine (C=N–C) groups is 1. The maximum atomic E-state index is 14.3. The van der Waals surface area contributed by atoms with Crippen LogP contribution in [0.25, 0.3) is 5.69 Å². The molecule has 120 valence electrons. The van der Waals surface area contributed by atoms with E-state index in [2.05, 4.69) is 15.2 Å². The van der Waals surface area contributed by atoms with Gasteiger partial charge in [0.2, 0.25) is 0 Å². The highest BCUT2D eigenvalue weighted by Crippen LogP contribution is 2.27. The van der Waals surface area contributed by atoms with E-state index in [-0.39, 0.29) is 11.3 Å². The van der Waals surface area contributed by atoms with Crippen LogP contribution in [-0.4, -0.2) is 27.0 Å². The van der Waals surface area contributed by atoms with Crippen LogP contribution in [0.2, 0.25) is 5.02 Å². The quantitative estimate of drug-likeness (QED) is 0.677. The molecule has 1 aliphatic rings. The summed E-state index contributed by atoms with van der Waals surface area (Å²) in [5.41, 5.74) is 1.30. The molecule has 24 heavy (non-hydrogen) atoms. The smallest absolute Gasteiger partial charge is 0.139 e. The first-order valence-electron chi connectivity index (χ1n) is 7.33. The van der Waals surface area contributed by atoms with E-state index in [1.54, 1.807) is 29.1 Å². The van der Waals surface area contributed by atoms with Gasteiger partial charge in [-0.25, -0.2) is 8.78 Å². The third-order valence-corrected chi connectivity index (χ3v) is 4.13. The van der Waals surface area contributed by atoms with Crippen LogP contribution in [0, 0.1) is 11.6 Å². The van der Waals surface area contributed by atoms with E-state index in [1.165, 1.54) is 18.2 Å². The van der Waals surface area contributed by atoms with Gasteiger partial charge in [0.25, 0.3) is 0 Å². The van der Waals surface area contributed by atoms with Crippen molar-refractivity contribution in [2.45, 2.75) is 6.42 Å². The number of rotatable bonds is 1. The van der Waals surface area contributed by atoms with E-state index in [0.717, 1.165) is 5.82 Å². The SMILES string of the molecule is Fc1cccc(F)c1/C1=N/CCc2nncn2-c2ccc(Cl)cc21.